The lowest BCUT2D eigenvalue weighted by atomic mass is 9.90. The van der Waals surface area contributed by atoms with Gasteiger partial charge in [0.15, 0.2) is 0 Å². The molecule has 1 aliphatic carbocycles. The van der Waals surface area contributed by atoms with Crippen LogP contribution < -0.4 is 4.74 Å². The highest BCUT2D eigenvalue weighted by Gasteiger charge is 2.27. The van der Waals surface area contributed by atoms with Gasteiger partial charge in [-0.2, -0.15) is 5.10 Å². The van der Waals surface area contributed by atoms with Gasteiger partial charge in [0.1, 0.15) is 11.4 Å². The summed E-state index contributed by atoms with van der Waals surface area (Å²) in [6.07, 6.45) is 3.25. The molecule has 3 aromatic rings. The normalized spacial score (nSPS) is 12.2. The lowest BCUT2D eigenvalue weighted by Crippen LogP contribution is -2.09. The van der Waals surface area contributed by atoms with Gasteiger partial charge in [-0.05, 0) is 48.2 Å². The smallest absolute Gasteiger partial charge is 0.301 e. The summed E-state index contributed by atoms with van der Waals surface area (Å²) >= 11 is 0. The number of non-ortho nitro benzene ring substituents is 1. The van der Waals surface area contributed by atoms with Crippen LogP contribution in [0.4, 0.5) is 11.4 Å². The van der Waals surface area contributed by atoms with Gasteiger partial charge in [0, 0.05) is 11.6 Å². The highest BCUT2D eigenvalue weighted by atomic mass is 16.6. The van der Waals surface area contributed by atoms with E-state index < -0.39 is 9.85 Å². The molecule has 2 aromatic carbocycles. The first-order valence-corrected chi connectivity index (χ1v) is 8.17. The number of methoxy groups -OCH3 is 1. The van der Waals surface area contributed by atoms with E-state index in [0.29, 0.717) is 0 Å². The van der Waals surface area contributed by atoms with E-state index in [9.17, 15) is 20.2 Å². The van der Waals surface area contributed by atoms with E-state index in [1.807, 2.05) is 18.2 Å². The van der Waals surface area contributed by atoms with Gasteiger partial charge in [-0.15, -0.1) is 0 Å². The summed E-state index contributed by atoms with van der Waals surface area (Å²) in [6.45, 7) is 0. The molecular formula is C18H14N4O5. The van der Waals surface area contributed by atoms with Gasteiger partial charge < -0.3 is 4.74 Å². The van der Waals surface area contributed by atoms with Crippen molar-refractivity contribution in [3.8, 4) is 22.7 Å². The molecule has 0 N–H and O–H groups in total. The van der Waals surface area contributed by atoms with Gasteiger partial charge in [0.25, 0.3) is 5.69 Å². The Balaban J connectivity index is 1.92. The van der Waals surface area contributed by atoms with Crippen molar-refractivity contribution in [3.05, 3.63) is 74.0 Å². The van der Waals surface area contributed by atoms with Crippen molar-refractivity contribution < 1.29 is 14.6 Å². The molecule has 0 amide bonds. The Morgan fingerprint density at radius 2 is 1.81 bits per heavy atom. The number of nitro groups is 2. The van der Waals surface area contributed by atoms with Gasteiger partial charge in [0.05, 0.1) is 34.9 Å². The summed E-state index contributed by atoms with van der Waals surface area (Å²) in [4.78, 5) is 21.2. The Bertz CT molecular complexity index is 1090. The first-order chi connectivity index (χ1) is 13.0. The average Bonchev–Trinajstić information content (AvgIpc) is 3.11. The number of ether oxygens (including phenoxy) is 1. The van der Waals surface area contributed by atoms with Crippen molar-refractivity contribution in [2.75, 3.05) is 7.11 Å². The van der Waals surface area contributed by atoms with E-state index in [-0.39, 0.29) is 17.1 Å². The molecule has 136 valence electrons. The average molecular weight is 366 g/mol. The van der Waals surface area contributed by atoms with Crippen molar-refractivity contribution in [2.24, 2.45) is 0 Å². The Hall–Kier alpha value is -3.75. The molecule has 9 heteroatoms. The molecule has 0 saturated heterocycles. The van der Waals surface area contributed by atoms with Crippen molar-refractivity contribution in [1.82, 2.24) is 9.78 Å². The van der Waals surface area contributed by atoms with Gasteiger partial charge in [-0.25, -0.2) is 4.68 Å². The fourth-order valence-electron chi connectivity index (χ4n) is 3.39. The predicted octanol–water partition coefficient (Wildman–Crippen LogP) is 3.46. The van der Waals surface area contributed by atoms with Crippen LogP contribution in [-0.2, 0) is 12.8 Å². The number of aromatic nitrogens is 2. The standard InChI is InChI=1S/C18H14N4O5/c1-27-14-5-6-15-11(8-14)2-3-12-10-19-20(18(12)15)16-7-4-13(21(23)24)9-17(16)22(25)26/h4-10H,2-3H2,1H3. The molecule has 4 rings (SSSR count). The quantitative estimate of drug-likeness (QED) is 0.516. The topological polar surface area (TPSA) is 113 Å². The molecule has 0 radical (unpaired) electrons. The minimum absolute atomic E-state index is 0.190. The number of hydrogen-bond acceptors (Lipinski definition) is 6. The monoisotopic (exact) mass is 366 g/mol. The SMILES string of the molecule is COc1ccc2c(c1)CCc1cnn(-c3ccc([N+](=O)[O-])cc3[N+](=O)[O-])c1-2. The van der Waals surface area contributed by atoms with E-state index in [1.54, 1.807) is 13.3 Å². The number of rotatable bonds is 4. The highest BCUT2D eigenvalue weighted by molar-refractivity contribution is 5.74. The molecule has 9 nitrogen and oxygen atoms in total. The molecule has 0 spiro atoms. The maximum absolute atomic E-state index is 11.5. The van der Waals surface area contributed by atoms with E-state index in [1.165, 1.54) is 16.8 Å². The predicted molar refractivity (Wildman–Crippen MR) is 96.3 cm³/mol. The first-order valence-electron chi connectivity index (χ1n) is 8.17. The minimum Gasteiger partial charge on any atom is -0.497 e. The minimum atomic E-state index is -0.656. The zero-order valence-electron chi connectivity index (χ0n) is 14.3. The fourth-order valence-corrected chi connectivity index (χ4v) is 3.39. The number of nitrogens with zero attached hydrogens (tertiary/aromatic N) is 4. The second-order valence-corrected chi connectivity index (χ2v) is 6.14. The van der Waals surface area contributed by atoms with Crippen LogP contribution in [0.5, 0.6) is 5.75 Å². The number of aryl methyl sites for hydroxylation is 2. The van der Waals surface area contributed by atoms with E-state index in [4.69, 9.17) is 4.74 Å². The molecule has 1 heterocycles. The van der Waals surface area contributed by atoms with Crippen molar-refractivity contribution in [3.63, 3.8) is 0 Å². The van der Waals surface area contributed by atoms with Crippen LogP contribution in [-0.4, -0.2) is 26.7 Å². The van der Waals surface area contributed by atoms with Crippen molar-refractivity contribution in [1.29, 1.82) is 0 Å². The van der Waals surface area contributed by atoms with E-state index in [2.05, 4.69) is 5.10 Å². The van der Waals surface area contributed by atoms with Gasteiger partial charge >= 0.3 is 5.69 Å². The van der Waals surface area contributed by atoms with Gasteiger partial charge in [-0.1, -0.05) is 0 Å². The number of fused-ring (bicyclic) bond motifs is 3. The molecule has 0 unspecified atom stereocenters. The summed E-state index contributed by atoms with van der Waals surface area (Å²) in [6, 6.07) is 9.24. The Morgan fingerprint density at radius 1 is 1.04 bits per heavy atom. The second kappa shape index (κ2) is 6.20. The third-order valence-electron chi connectivity index (χ3n) is 4.67. The molecule has 27 heavy (non-hydrogen) atoms. The lowest BCUT2D eigenvalue weighted by Gasteiger charge is -2.19. The molecule has 0 bridgehead atoms. The fraction of sp³-hybridized carbons (Fsp3) is 0.167. The molecule has 0 aliphatic heterocycles. The zero-order valence-corrected chi connectivity index (χ0v) is 14.3. The molecule has 1 aliphatic rings. The Morgan fingerprint density at radius 3 is 2.52 bits per heavy atom. The van der Waals surface area contributed by atoms with Crippen LogP contribution >= 0.6 is 0 Å². The largest absolute Gasteiger partial charge is 0.497 e. The van der Waals surface area contributed by atoms with Gasteiger partial charge in [-0.3, -0.25) is 20.2 Å². The summed E-state index contributed by atoms with van der Waals surface area (Å²) in [5, 5.41) is 26.8. The molecule has 1 aromatic heterocycles. The molecular weight excluding hydrogens is 352 g/mol. The summed E-state index contributed by atoms with van der Waals surface area (Å²) in [5.41, 5.74) is 3.20. The van der Waals surface area contributed by atoms with E-state index >= 15 is 0 Å². The van der Waals surface area contributed by atoms with Crippen LogP contribution in [0, 0.1) is 20.2 Å². The van der Waals surface area contributed by atoms with Gasteiger partial charge in [0.2, 0.25) is 0 Å². The van der Waals surface area contributed by atoms with Crippen molar-refractivity contribution >= 4 is 11.4 Å². The summed E-state index contributed by atoms with van der Waals surface area (Å²) in [7, 11) is 1.60. The maximum atomic E-state index is 11.5. The Kier molecular flexibility index (Phi) is 3.84. The summed E-state index contributed by atoms with van der Waals surface area (Å²) in [5.74, 6) is 0.740. The zero-order chi connectivity index (χ0) is 19.1. The first kappa shape index (κ1) is 16.7. The van der Waals surface area contributed by atoms with Crippen LogP contribution in [0.3, 0.4) is 0 Å². The van der Waals surface area contributed by atoms with Crippen LogP contribution in [0.25, 0.3) is 16.9 Å². The van der Waals surface area contributed by atoms with Crippen molar-refractivity contribution in [2.45, 2.75) is 12.8 Å². The highest BCUT2D eigenvalue weighted by Crippen LogP contribution is 2.38. The third-order valence-corrected chi connectivity index (χ3v) is 4.67. The Labute approximate surface area is 153 Å². The molecule has 0 saturated carbocycles. The second-order valence-electron chi connectivity index (χ2n) is 6.14. The number of nitro benzene ring substituents is 2. The number of hydrogen-bond donors (Lipinski definition) is 0. The molecule has 0 atom stereocenters. The van der Waals surface area contributed by atoms with E-state index in [0.717, 1.165) is 47.0 Å². The van der Waals surface area contributed by atoms with Crippen LogP contribution in [0.1, 0.15) is 11.1 Å². The summed E-state index contributed by atoms with van der Waals surface area (Å²) < 4.78 is 6.76. The maximum Gasteiger partial charge on any atom is 0.301 e. The third kappa shape index (κ3) is 2.69. The molecule has 0 fully saturated rings. The van der Waals surface area contributed by atoms with Crippen LogP contribution in [0.2, 0.25) is 0 Å². The number of benzene rings is 2. The lowest BCUT2D eigenvalue weighted by molar-refractivity contribution is -0.394. The van der Waals surface area contributed by atoms with Crippen LogP contribution in [0.15, 0.2) is 42.6 Å².